The van der Waals surface area contributed by atoms with Gasteiger partial charge in [0.1, 0.15) is 0 Å². The van der Waals surface area contributed by atoms with Gasteiger partial charge in [0.25, 0.3) is 0 Å². The van der Waals surface area contributed by atoms with Gasteiger partial charge in [-0.25, -0.2) is 4.98 Å². The first-order valence-electron chi connectivity index (χ1n) is 4.42. The molecule has 1 unspecified atom stereocenters. The van der Waals surface area contributed by atoms with E-state index in [2.05, 4.69) is 9.97 Å². The summed E-state index contributed by atoms with van der Waals surface area (Å²) < 4.78 is 5.37. The van der Waals surface area contributed by atoms with Crippen molar-refractivity contribution in [1.82, 2.24) is 9.97 Å². The Balaban J connectivity index is 2.18. The maximum absolute atomic E-state index is 5.93. The Kier molecular flexibility index (Phi) is 2.76. The number of rotatable bonds is 1. The minimum absolute atomic E-state index is 0.329. The van der Waals surface area contributed by atoms with Crippen molar-refractivity contribution in [2.75, 3.05) is 13.2 Å². The van der Waals surface area contributed by atoms with E-state index in [4.69, 9.17) is 16.3 Å². The van der Waals surface area contributed by atoms with Gasteiger partial charge in [-0.1, -0.05) is 11.6 Å². The first-order valence-corrected chi connectivity index (χ1v) is 4.80. The molecule has 1 aliphatic rings. The first-order chi connectivity index (χ1) is 6.38. The van der Waals surface area contributed by atoms with Crippen molar-refractivity contribution in [1.29, 1.82) is 0 Å². The molecule has 1 aromatic rings. The smallest absolute Gasteiger partial charge is 0.150 e. The van der Waals surface area contributed by atoms with Crippen LogP contribution >= 0.6 is 11.6 Å². The third-order valence-corrected chi connectivity index (χ3v) is 2.52. The summed E-state index contributed by atoms with van der Waals surface area (Å²) in [6.07, 6.45) is 5.46. The average molecular weight is 199 g/mol. The second kappa shape index (κ2) is 4.03. The minimum atomic E-state index is 0.329. The highest BCUT2D eigenvalue weighted by atomic mass is 35.5. The Labute approximate surface area is 82.1 Å². The lowest BCUT2D eigenvalue weighted by molar-refractivity contribution is 0.0792. The van der Waals surface area contributed by atoms with Crippen LogP contribution in [-0.4, -0.2) is 23.2 Å². The Morgan fingerprint density at radius 2 is 2.23 bits per heavy atom. The summed E-state index contributed by atoms with van der Waals surface area (Å²) in [5, 5.41) is 0.512. The van der Waals surface area contributed by atoms with Crippen molar-refractivity contribution in [2.45, 2.75) is 18.8 Å². The monoisotopic (exact) mass is 198 g/mol. The molecule has 0 saturated carbocycles. The first kappa shape index (κ1) is 8.91. The molecule has 0 bridgehead atoms. The summed E-state index contributed by atoms with van der Waals surface area (Å²) in [7, 11) is 0. The summed E-state index contributed by atoms with van der Waals surface area (Å²) in [6.45, 7) is 1.58. The highest BCUT2D eigenvalue weighted by Crippen LogP contribution is 2.27. The van der Waals surface area contributed by atoms with Crippen LogP contribution < -0.4 is 0 Å². The number of ether oxygens (including phenoxy) is 1. The lowest BCUT2D eigenvalue weighted by Gasteiger charge is -2.21. The zero-order chi connectivity index (χ0) is 9.10. The molecule has 3 nitrogen and oxygen atoms in total. The molecule has 0 amide bonds. The molecule has 1 aliphatic heterocycles. The summed E-state index contributed by atoms with van der Waals surface area (Å²) in [6, 6.07) is 0. The average Bonchev–Trinajstić information content (AvgIpc) is 2.20. The molecule has 1 fully saturated rings. The van der Waals surface area contributed by atoms with E-state index in [1.165, 1.54) is 0 Å². The van der Waals surface area contributed by atoms with Gasteiger partial charge in [-0.3, -0.25) is 4.98 Å². The number of aromatic nitrogens is 2. The van der Waals surface area contributed by atoms with E-state index in [0.717, 1.165) is 31.7 Å². The van der Waals surface area contributed by atoms with Crippen molar-refractivity contribution < 1.29 is 4.74 Å². The molecule has 1 atom stereocenters. The van der Waals surface area contributed by atoms with Crippen LogP contribution in [-0.2, 0) is 4.74 Å². The molecule has 2 rings (SSSR count). The number of hydrogen-bond donors (Lipinski definition) is 0. The largest absolute Gasteiger partial charge is 0.381 e. The molecule has 0 spiro atoms. The fraction of sp³-hybridized carbons (Fsp3) is 0.556. The Morgan fingerprint density at radius 3 is 2.92 bits per heavy atom. The van der Waals surface area contributed by atoms with Crippen molar-refractivity contribution in [2.24, 2.45) is 0 Å². The van der Waals surface area contributed by atoms with Crippen LogP contribution in [0.4, 0.5) is 0 Å². The van der Waals surface area contributed by atoms with Crippen molar-refractivity contribution >= 4 is 11.6 Å². The second-order valence-corrected chi connectivity index (χ2v) is 3.50. The van der Waals surface area contributed by atoms with E-state index >= 15 is 0 Å². The zero-order valence-corrected chi connectivity index (χ0v) is 8.00. The summed E-state index contributed by atoms with van der Waals surface area (Å²) in [4.78, 5) is 8.23. The van der Waals surface area contributed by atoms with Gasteiger partial charge >= 0.3 is 0 Å². The molecule has 0 aliphatic carbocycles. The molecule has 4 heteroatoms. The van der Waals surface area contributed by atoms with E-state index in [9.17, 15) is 0 Å². The van der Waals surface area contributed by atoms with Gasteiger partial charge in [-0.05, 0) is 12.8 Å². The highest BCUT2D eigenvalue weighted by molar-refractivity contribution is 6.30. The molecule has 0 N–H and O–H groups in total. The van der Waals surface area contributed by atoms with Gasteiger partial charge < -0.3 is 4.74 Å². The van der Waals surface area contributed by atoms with E-state index < -0.39 is 0 Å². The van der Waals surface area contributed by atoms with Crippen LogP contribution in [0.25, 0.3) is 0 Å². The molecule has 2 heterocycles. The molecule has 70 valence electrons. The third-order valence-electron chi connectivity index (χ3n) is 2.23. The second-order valence-electron chi connectivity index (χ2n) is 3.15. The predicted molar refractivity (Wildman–Crippen MR) is 49.8 cm³/mol. The van der Waals surface area contributed by atoms with Gasteiger partial charge in [0, 0.05) is 24.9 Å². The standard InChI is InChI=1S/C9H11ClN2O/c10-9-8(11-3-4-12-9)7-2-1-5-13-6-7/h3-4,7H,1-2,5-6H2. The molecule has 0 aromatic carbocycles. The highest BCUT2D eigenvalue weighted by Gasteiger charge is 2.19. The van der Waals surface area contributed by atoms with E-state index in [0.29, 0.717) is 11.1 Å². The van der Waals surface area contributed by atoms with Crippen molar-refractivity contribution in [3.63, 3.8) is 0 Å². The molecule has 0 radical (unpaired) electrons. The Morgan fingerprint density at radius 1 is 1.38 bits per heavy atom. The predicted octanol–water partition coefficient (Wildman–Crippen LogP) is 2.02. The topological polar surface area (TPSA) is 35.0 Å². The number of halogens is 1. The fourth-order valence-corrected chi connectivity index (χ4v) is 1.82. The van der Waals surface area contributed by atoms with Crippen LogP contribution in [0.3, 0.4) is 0 Å². The van der Waals surface area contributed by atoms with Crippen LogP contribution in [0.5, 0.6) is 0 Å². The summed E-state index contributed by atoms with van der Waals surface area (Å²) in [5.41, 5.74) is 0.879. The maximum Gasteiger partial charge on any atom is 0.150 e. The number of nitrogens with zero attached hydrogens (tertiary/aromatic N) is 2. The Hall–Kier alpha value is -0.670. The van der Waals surface area contributed by atoms with E-state index in [-0.39, 0.29) is 0 Å². The van der Waals surface area contributed by atoms with Gasteiger partial charge in [0.15, 0.2) is 5.15 Å². The quantitative estimate of drug-likeness (QED) is 0.693. The van der Waals surface area contributed by atoms with Gasteiger partial charge in [0.05, 0.1) is 12.3 Å². The molecule has 1 saturated heterocycles. The van der Waals surface area contributed by atoms with Crippen LogP contribution in [0.2, 0.25) is 5.15 Å². The van der Waals surface area contributed by atoms with Gasteiger partial charge in [0.2, 0.25) is 0 Å². The minimum Gasteiger partial charge on any atom is -0.381 e. The van der Waals surface area contributed by atoms with Crippen molar-refractivity contribution in [3.8, 4) is 0 Å². The third kappa shape index (κ3) is 1.98. The fourth-order valence-electron chi connectivity index (χ4n) is 1.56. The van der Waals surface area contributed by atoms with E-state index in [1.807, 2.05) is 0 Å². The lowest BCUT2D eigenvalue weighted by atomic mass is 9.99. The zero-order valence-electron chi connectivity index (χ0n) is 7.24. The molecule has 1 aromatic heterocycles. The molecule has 13 heavy (non-hydrogen) atoms. The lowest BCUT2D eigenvalue weighted by Crippen LogP contribution is -2.17. The number of hydrogen-bond acceptors (Lipinski definition) is 3. The van der Waals surface area contributed by atoms with Crippen LogP contribution in [0.1, 0.15) is 24.5 Å². The SMILES string of the molecule is Clc1nccnc1C1CCCOC1. The summed E-state index contributed by atoms with van der Waals surface area (Å²) >= 11 is 5.93. The van der Waals surface area contributed by atoms with Gasteiger partial charge in [-0.15, -0.1) is 0 Å². The van der Waals surface area contributed by atoms with Crippen LogP contribution in [0.15, 0.2) is 12.4 Å². The van der Waals surface area contributed by atoms with Crippen molar-refractivity contribution in [3.05, 3.63) is 23.2 Å². The Bertz CT molecular complexity index is 287. The molecular formula is C9H11ClN2O. The summed E-state index contributed by atoms with van der Waals surface area (Å²) in [5.74, 6) is 0.329. The molecular weight excluding hydrogens is 188 g/mol. The van der Waals surface area contributed by atoms with Crippen LogP contribution in [0, 0.1) is 0 Å². The van der Waals surface area contributed by atoms with Gasteiger partial charge in [-0.2, -0.15) is 0 Å². The normalized spacial score (nSPS) is 23.0. The van der Waals surface area contributed by atoms with E-state index in [1.54, 1.807) is 12.4 Å². The maximum atomic E-state index is 5.93.